The summed E-state index contributed by atoms with van der Waals surface area (Å²) in [5.74, 6) is 0. The smallest absolute Gasteiger partial charge is 0.0959 e. The van der Waals surface area contributed by atoms with Crippen molar-refractivity contribution in [1.82, 2.24) is 4.98 Å². The van der Waals surface area contributed by atoms with Crippen molar-refractivity contribution in [2.24, 2.45) is 0 Å². The van der Waals surface area contributed by atoms with E-state index in [0.29, 0.717) is 0 Å². The predicted octanol–water partition coefficient (Wildman–Crippen LogP) is 2.09. The number of hydrogen-bond donors (Lipinski definition) is 1. The minimum absolute atomic E-state index is 0.402. The summed E-state index contributed by atoms with van der Waals surface area (Å²) in [7, 11) is 0. The lowest BCUT2D eigenvalue weighted by Gasteiger charge is -2.10. The highest BCUT2D eigenvalue weighted by Crippen LogP contribution is 2.17. The van der Waals surface area contributed by atoms with Crippen molar-refractivity contribution in [3.63, 3.8) is 0 Å². The van der Waals surface area contributed by atoms with Crippen LogP contribution in [0.1, 0.15) is 37.6 Å². The van der Waals surface area contributed by atoms with E-state index in [9.17, 15) is 5.11 Å². The Morgan fingerprint density at radius 2 is 2.25 bits per heavy atom. The summed E-state index contributed by atoms with van der Waals surface area (Å²) in [6.45, 7) is 4.03. The Hall–Kier alpha value is -0.890. The molecule has 0 saturated carbocycles. The number of pyridine rings is 1. The van der Waals surface area contributed by atoms with Gasteiger partial charge in [-0.3, -0.25) is 4.98 Å². The van der Waals surface area contributed by atoms with E-state index < -0.39 is 6.10 Å². The van der Waals surface area contributed by atoms with Crippen LogP contribution < -0.4 is 0 Å². The second-order valence-corrected chi connectivity index (χ2v) is 2.83. The lowest BCUT2D eigenvalue weighted by Crippen LogP contribution is -2.02. The first-order chi connectivity index (χ1) is 5.79. The molecule has 0 aliphatic heterocycles. The van der Waals surface area contributed by atoms with Gasteiger partial charge in [-0.2, -0.15) is 0 Å². The first-order valence-corrected chi connectivity index (χ1v) is 4.41. The molecule has 2 heteroatoms. The Kier molecular flexibility index (Phi) is 3.23. The maximum absolute atomic E-state index is 9.58. The summed E-state index contributed by atoms with van der Waals surface area (Å²) < 4.78 is 0. The van der Waals surface area contributed by atoms with Crippen molar-refractivity contribution in [2.75, 3.05) is 0 Å². The Morgan fingerprint density at radius 3 is 2.83 bits per heavy atom. The molecule has 1 atom stereocenters. The molecule has 2 nitrogen and oxygen atoms in total. The van der Waals surface area contributed by atoms with Crippen LogP contribution in [-0.4, -0.2) is 10.1 Å². The normalized spacial score (nSPS) is 12.9. The second-order valence-electron chi connectivity index (χ2n) is 2.83. The van der Waals surface area contributed by atoms with Gasteiger partial charge in [-0.15, -0.1) is 0 Å². The number of aromatic nitrogens is 1. The fraction of sp³-hybridized carbons (Fsp3) is 0.500. The molecule has 0 aliphatic carbocycles. The SMILES string of the molecule is CCc1cccnc1C(O)CC. The summed E-state index contributed by atoms with van der Waals surface area (Å²) in [5, 5.41) is 9.58. The van der Waals surface area contributed by atoms with E-state index in [-0.39, 0.29) is 0 Å². The summed E-state index contributed by atoms with van der Waals surface area (Å²) >= 11 is 0. The molecule has 0 amide bonds. The van der Waals surface area contributed by atoms with Crippen molar-refractivity contribution in [2.45, 2.75) is 32.8 Å². The topological polar surface area (TPSA) is 33.1 Å². The average Bonchev–Trinajstić information content (AvgIpc) is 2.16. The molecule has 12 heavy (non-hydrogen) atoms. The van der Waals surface area contributed by atoms with Gasteiger partial charge >= 0.3 is 0 Å². The third kappa shape index (κ3) is 1.83. The number of aliphatic hydroxyl groups excluding tert-OH is 1. The molecule has 0 fully saturated rings. The molecule has 0 aromatic carbocycles. The van der Waals surface area contributed by atoms with Gasteiger partial charge in [0.2, 0.25) is 0 Å². The zero-order chi connectivity index (χ0) is 8.97. The van der Waals surface area contributed by atoms with Crippen molar-refractivity contribution < 1.29 is 5.11 Å². The molecule has 1 N–H and O–H groups in total. The van der Waals surface area contributed by atoms with Crippen LogP contribution in [-0.2, 0) is 6.42 Å². The predicted molar refractivity (Wildman–Crippen MR) is 48.9 cm³/mol. The van der Waals surface area contributed by atoms with Gasteiger partial charge in [-0.25, -0.2) is 0 Å². The zero-order valence-electron chi connectivity index (χ0n) is 7.62. The summed E-state index contributed by atoms with van der Waals surface area (Å²) in [5.41, 5.74) is 1.98. The van der Waals surface area contributed by atoms with Crippen molar-refractivity contribution in [1.29, 1.82) is 0 Å². The van der Waals surface area contributed by atoms with Crippen LogP contribution in [0.4, 0.5) is 0 Å². The molecule has 1 aromatic rings. The standard InChI is InChI=1S/C10H15NO/c1-3-8-6-5-7-11-10(8)9(12)4-2/h5-7,9,12H,3-4H2,1-2H3. The zero-order valence-corrected chi connectivity index (χ0v) is 7.62. The molecular formula is C10H15NO. The maximum Gasteiger partial charge on any atom is 0.0959 e. The minimum atomic E-state index is -0.402. The highest BCUT2D eigenvalue weighted by molar-refractivity contribution is 5.21. The van der Waals surface area contributed by atoms with Gasteiger partial charge in [0.1, 0.15) is 0 Å². The monoisotopic (exact) mass is 165 g/mol. The number of aliphatic hydroxyl groups is 1. The first kappa shape index (κ1) is 9.20. The van der Waals surface area contributed by atoms with E-state index in [4.69, 9.17) is 0 Å². The highest BCUT2D eigenvalue weighted by atomic mass is 16.3. The summed E-state index contributed by atoms with van der Waals surface area (Å²) in [4.78, 5) is 4.17. The van der Waals surface area contributed by atoms with Crippen molar-refractivity contribution in [3.05, 3.63) is 29.6 Å². The van der Waals surface area contributed by atoms with E-state index in [1.165, 1.54) is 0 Å². The number of rotatable bonds is 3. The molecule has 0 spiro atoms. The number of hydrogen-bond acceptors (Lipinski definition) is 2. The van der Waals surface area contributed by atoms with E-state index in [2.05, 4.69) is 11.9 Å². The van der Waals surface area contributed by atoms with Gasteiger partial charge in [-0.05, 0) is 24.5 Å². The van der Waals surface area contributed by atoms with Crippen LogP contribution in [0.2, 0.25) is 0 Å². The minimum Gasteiger partial charge on any atom is -0.387 e. The van der Waals surface area contributed by atoms with Crippen LogP contribution in [0.15, 0.2) is 18.3 Å². The first-order valence-electron chi connectivity index (χ1n) is 4.41. The largest absolute Gasteiger partial charge is 0.387 e. The van der Waals surface area contributed by atoms with Gasteiger partial charge < -0.3 is 5.11 Å². The Balaban J connectivity index is 2.96. The second kappa shape index (κ2) is 4.21. The van der Waals surface area contributed by atoms with Crippen LogP contribution in [0.5, 0.6) is 0 Å². The fourth-order valence-corrected chi connectivity index (χ4v) is 1.24. The van der Waals surface area contributed by atoms with E-state index in [1.807, 2.05) is 19.1 Å². The van der Waals surface area contributed by atoms with Gasteiger partial charge in [0.15, 0.2) is 0 Å². The molecule has 1 heterocycles. The molecule has 1 aromatic heterocycles. The fourth-order valence-electron chi connectivity index (χ4n) is 1.24. The molecule has 1 rings (SSSR count). The number of aryl methyl sites for hydroxylation is 1. The Labute approximate surface area is 73.3 Å². The summed E-state index contributed by atoms with van der Waals surface area (Å²) in [6.07, 6.45) is 2.98. The van der Waals surface area contributed by atoms with Gasteiger partial charge in [-0.1, -0.05) is 19.9 Å². The molecule has 0 radical (unpaired) electrons. The maximum atomic E-state index is 9.58. The van der Waals surface area contributed by atoms with E-state index in [1.54, 1.807) is 6.20 Å². The summed E-state index contributed by atoms with van der Waals surface area (Å²) in [6, 6.07) is 3.92. The molecule has 0 aliphatic rings. The quantitative estimate of drug-likeness (QED) is 0.744. The van der Waals surface area contributed by atoms with E-state index in [0.717, 1.165) is 24.1 Å². The molecule has 1 unspecified atom stereocenters. The van der Waals surface area contributed by atoms with Gasteiger partial charge in [0.05, 0.1) is 11.8 Å². The third-order valence-electron chi connectivity index (χ3n) is 2.01. The van der Waals surface area contributed by atoms with Crippen molar-refractivity contribution >= 4 is 0 Å². The van der Waals surface area contributed by atoms with Gasteiger partial charge in [0, 0.05) is 6.20 Å². The van der Waals surface area contributed by atoms with Crippen LogP contribution in [0.3, 0.4) is 0 Å². The highest BCUT2D eigenvalue weighted by Gasteiger charge is 2.09. The average molecular weight is 165 g/mol. The Bertz CT molecular complexity index is 247. The molecule has 66 valence electrons. The lowest BCUT2D eigenvalue weighted by molar-refractivity contribution is 0.168. The molecule has 0 bridgehead atoms. The van der Waals surface area contributed by atoms with Crippen LogP contribution >= 0.6 is 0 Å². The van der Waals surface area contributed by atoms with Crippen LogP contribution in [0.25, 0.3) is 0 Å². The molecular weight excluding hydrogens is 150 g/mol. The Morgan fingerprint density at radius 1 is 1.50 bits per heavy atom. The van der Waals surface area contributed by atoms with E-state index >= 15 is 0 Å². The third-order valence-corrected chi connectivity index (χ3v) is 2.01. The van der Waals surface area contributed by atoms with Crippen molar-refractivity contribution in [3.8, 4) is 0 Å². The number of nitrogens with zero attached hydrogens (tertiary/aromatic N) is 1. The lowest BCUT2D eigenvalue weighted by atomic mass is 10.1. The molecule has 0 saturated heterocycles. The van der Waals surface area contributed by atoms with Crippen LogP contribution in [0, 0.1) is 0 Å². The van der Waals surface area contributed by atoms with Gasteiger partial charge in [0.25, 0.3) is 0 Å².